The van der Waals surface area contributed by atoms with Crippen molar-refractivity contribution in [2.45, 2.75) is 10.7 Å². The Morgan fingerprint density at radius 1 is 0.714 bits per heavy atom. The van der Waals surface area contributed by atoms with E-state index in [0.717, 1.165) is 11.1 Å². The SMILES string of the molecule is O=C1CS[C@H](c2ccc(Cl)cc2)N1CCN1C(=O)CS[C@@H]1c1ccc(Cl)cc1. The van der Waals surface area contributed by atoms with E-state index in [4.69, 9.17) is 23.2 Å². The summed E-state index contributed by atoms with van der Waals surface area (Å²) in [6.07, 6.45) is 0. The van der Waals surface area contributed by atoms with Gasteiger partial charge in [0.2, 0.25) is 11.8 Å². The highest BCUT2D eigenvalue weighted by atomic mass is 35.5. The highest BCUT2D eigenvalue weighted by Crippen LogP contribution is 2.41. The summed E-state index contributed by atoms with van der Waals surface area (Å²) < 4.78 is 0. The smallest absolute Gasteiger partial charge is 0.233 e. The number of thioether (sulfide) groups is 2. The van der Waals surface area contributed by atoms with Gasteiger partial charge in [-0.25, -0.2) is 0 Å². The molecule has 0 aliphatic carbocycles. The number of carbonyl (C=O) groups excluding carboxylic acids is 2. The highest BCUT2D eigenvalue weighted by Gasteiger charge is 2.36. The van der Waals surface area contributed by atoms with Crippen molar-refractivity contribution in [3.05, 3.63) is 69.7 Å². The van der Waals surface area contributed by atoms with Crippen molar-refractivity contribution in [3.63, 3.8) is 0 Å². The summed E-state index contributed by atoms with van der Waals surface area (Å²) in [7, 11) is 0. The molecule has 2 saturated heterocycles. The monoisotopic (exact) mass is 452 g/mol. The first-order valence-corrected chi connectivity index (χ1v) is 11.7. The Morgan fingerprint density at radius 3 is 1.43 bits per heavy atom. The molecule has 2 aromatic rings. The zero-order valence-electron chi connectivity index (χ0n) is 14.9. The lowest BCUT2D eigenvalue weighted by molar-refractivity contribution is -0.132. The number of hydrogen-bond acceptors (Lipinski definition) is 4. The van der Waals surface area contributed by atoms with Gasteiger partial charge in [0.15, 0.2) is 0 Å². The Bertz CT molecular complexity index is 803. The maximum Gasteiger partial charge on any atom is 0.233 e. The molecule has 2 fully saturated rings. The van der Waals surface area contributed by atoms with Crippen molar-refractivity contribution in [1.29, 1.82) is 0 Å². The van der Waals surface area contributed by atoms with Crippen LogP contribution in [0.3, 0.4) is 0 Å². The fraction of sp³-hybridized carbons (Fsp3) is 0.300. The summed E-state index contributed by atoms with van der Waals surface area (Å²) in [4.78, 5) is 28.6. The van der Waals surface area contributed by atoms with E-state index in [2.05, 4.69) is 0 Å². The lowest BCUT2D eigenvalue weighted by atomic mass is 10.2. The molecule has 0 aromatic heterocycles. The van der Waals surface area contributed by atoms with Crippen LogP contribution in [0.2, 0.25) is 10.0 Å². The van der Waals surface area contributed by atoms with E-state index in [1.165, 1.54) is 0 Å². The lowest BCUT2D eigenvalue weighted by Gasteiger charge is -2.29. The van der Waals surface area contributed by atoms with Crippen LogP contribution < -0.4 is 0 Å². The van der Waals surface area contributed by atoms with Crippen LogP contribution in [0.4, 0.5) is 0 Å². The van der Waals surface area contributed by atoms with Gasteiger partial charge in [0.05, 0.1) is 11.5 Å². The summed E-state index contributed by atoms with van der Waals surface area (Å²) >= 11 is 15.2. The van der Waals surface area contributed by atoms with Gasteiger partial charge in [0.25, 0.3) is 0 Å². The van der Waals surface area contributed by atoms with Crippen LogP contribution in [0.5, 0.6) is 0 Å². The molecule has 0 bridgehead atoms. The standard InChI is InChI=1S/C20H18Cl2N2O2S2/c21-15-5-1-13(2-6-15)19-23(17(25)11-27-19)9-10-24-18(26)12-28-20(24)14-3-7-16(22)8-4-14/h1-8,19-20H,9-12H2/t19-,20-/m1/s1. The molecule has 28 heavy (non-hydrogen) atoms. The van der Waals surface area contributed by atoms with Crippen LogP contribution in [0, 0.1) is 0 Å². The topological polar surface area (TPSA) is 40.6 Å². The summed E-state index contributed by atoms with van der Waals surface area (Å²) in [5.74, 6) is 1.12. The van der Waals surface area contributed by atoms with Crippen LogP contribution in [0.15, 0.2) is 48.5 Å². The minimum Gasteiger partial charge on any atom is -0.324 e. The summed E-state index contributed by atoms with van der Waals surface area (Å²) in [6.45, 7) is 1.02. The van der Waals surface area contributed by atoms with Crippen LogP contribution in [0.1, 0.15) is 21.9 Å². The average molecular weight is 453 g/mol. The second-order valence-electron chi connectivity index (χ2n) is 6.60. The fourth-order valence-electron chi connectivity index (χ4n) is 3.41. The molecule has 4 nitrogen and oxygen atoms in total. The predicted octanol–water partition coefficient (Wildman–Crippen LogP) is 4.84. The summed E-state index contributed by atoms with van der Waals surface area (Å²) in [5, 5.41) is 1.28. The largest absolute Gasteiger partial charge is 0.324 e. The molecule has 4 rings (SSSR count). The van der Waals surface area contributed by atoms with Gasteiger partial charge in [-0.05, 0) is 35.4 Å². The third-order valence-corrected chi connectivity index (χ3v) is 7.84. The van der Waals surface area contributed by atoms with Gasteiger partial charge < -0.3 is 9.80 Å². The molecule has 2 atom stereocenters. The average Bonchev–Trinajstić information content (AvgIpc) is 3.24. The molecule has 2 aliphatic rings. The maximum absolute atomic E-state index is 12.5. The van der Waals surface area contributed by atoms with Crippen LogP contribution >= 0.6 is 46.7 Å². The zero-order chi connectivity index (χ0) is 19.7. The molecule has 2 amide bonds. The van der Waals surface area contributed by atoms with Gasteiger partial charge in [-0.15, -0.1) is 23.5 Å². The fourth-order valence-corrected chi connectivity index (χ4v) is 6.10. The molecule has 2 aliphatic heterocycles. The number of hydrogen-bond donors (Lipinski definition) is 0. The normalized spacial score (nSPS) is 22.4. The molecule has 0 radical (unpaired) electrons. The number of amides is 2. The van der Waals surface area contributed by atoms with Crippen molar-refractivity contribution in [3.8, 4) is 0 Å². The van der Waals surface area contributed by atoms with E-state index in [-0.39, 0.29) is 22.6 Å². The van der Waals surface area contributed by atoms with Crippen molar-refractivity contribution < 1.29 is 9.59 Å². The van der Waals surface area contributed by atoms with Crippen molar-refractivity contribution in [2.24, 2.45) is 0 Å². The van der Waals surface area contributed by atoms with Gasteiger partial charge in [-0.1, -0.05) is 47.5 Å². The molecule has 8 heteroatoms. The molecule has 0 unspecified atom stereocenters. The number of halogens is 2. The van der Waals surface area contributed by atoms with E-state index in [1.54, 1.807) is 23.5 Å². The molecule has 0 saturated carbocycles. The third-order valence-electron chi connectivity index (χ3n) is 4.83. The lowest BCUT2D eigenvalue weighted by Crippen LogP contribution is -2.39. The molecule has 0 spiro atoms. The second-order valence-corrected chi connectivity index (χ2v) is 9.61. The second kappa shape index (κ2) is 8.57. The number of nitrogens with zero attached hydrogens (tertiary/aromatic N) is 2. The van der Waals surface area contributed by atoms with Gasteiger partial charge in [0.1, 0.15) is 10.7 Å². The minimum atomic E-state index is -0.0379. The molecule has 0 N–H and O–H groups in total. The van der Waals surface area contributed by atoms with E-state index in [1.807, 2.05) is 58.3 Å². The van der Waals surface area contributed by atoms with Gasteiger partial charge in [-0.3, -0.25) is 9.59 Å². The van der Waals surface area contributed by atoms with Gasteiger partial charge >= 0.3 is 0 Å². The molecule has 2 heterocycles. The highest BCUT2D eigenvalue weighted by molar-refractivity contribution is 8.00. The van der Waals surface area contributed by atoms with Crippen LogP contribution in [0.25, 0.3) is 0 Å². The third kappa shape index (κ3) is 4.15. The molecular weight excluding hydrogens is 435 g/mol. The Balaban J connectivity index is 1.48. The van der Waals surface area contributed by atoms with Crippen molar-refractivity contribution in [1.82, 2.24) is 9.80 Å². The van der Waals surface area contributed by atoms with E-state index in [0.29, 0.717) is 34.6 Å². The molecular formula is C20H18Cl2N2O2S2. The van der Waals surface area contributed by atoms with E-state index < -0.39 is 0 Å². The summed E-state index contributed by atoms with van der Waals surface area (Å²) in [6, 6.07) is 15.2. The molecule has 2 aromatic carbocycles. The minimum absolute atomic E-state index is 0.0379. The molecule has 146 valence electrons. The van der Waals surface area contributed by atoms with E-state index >= 15 is 0 Å². The first kappa shape index (κ1) is 20.0. The maximum atomic E-state index is 12.5. The van der Waals surface area contributed by atoms with Crippen molar-refractivity contribution >= 4 is 58.5 Å². The number of carbonyl (C=O) groups is 2. The Kier molecular flexibility index (Phi) is 6.11. The Labute approximate surface area is 182 Å². The first-order valence-electron chi connectivity index (χ1n) is 8.86. The van der Waals surface area contributed by atoms with Gasteiger partial charge in [-0.2, -0.15) is 0 Å². The predicted molar refractivity (Wildman–Crippen MR) is 117 cm³/mol. The zero-order valence-corrected chi connectivity index (χ0v) is 18.0. The first-order chi connectivity index (χ1) is 13.5. The number of rotatable bonds is 5. The summed E-state index contributed by atoms with van der Waals surface area (Å²) in [5.41, 5.74) is 2.10. The van der Waals surface area contributed by atoms with Gasteiger partial charge in [0, 0.05) is 23.1 Å². The van der Waals surface area contributed by atoms with Crippen molar-refractivity contribution in [2.75, 3.05) is 24.6 Å². The van der Waals surface area contributed by atoms with Crippen LogP contribution in [-0.2, 0) is 9.59 Å². The number of benzene rings is 2. The Hall–Kier alpha value is -1.34. The van der Waals surface area contributed by atoms with E-state index in [9.17, 15) is 9.59 Å². The Morgan fingerprint density at radius 2 is 1.07 bits per heavy atom. The van der Waals surface area contributed by atoms with Crippen LogP contribution in [-0.4, -0.2) is 46.2 Å². The quantitative estimate of drug-likeness (QED) is 0.650.